The Bertz CT molecular complexity index is 882. The number of benzene rings is 2. The molecule has 6 heteroatoms. The van der Waals surface area contributed by atoms with E-state index in [1.165, 1.54) is 11.6 Å². The third-order valence-electron chi connectivity index (χ3n) is 4.20. The molecule has 4 nitrogen and oxygen atoms in total. The number of carbonyl (C=O) groups is 1. The van der Waals surface area contributed by atoms with Crippen molar-refractivity contribution in [2.75, 3.05) is 19.7 Å². The first-order chi connectivity index (χ1) is 13.6. The molecule has 0 radical (unpaired) electrons. The number of halogens is 1. The molecule has 0 fully saturated rings. The van der Waals surface area contributed by atoms with Crippen LogP contribution < -0.4 is 15.4 Å². The van der Waals surface area contributed by atoms with Gasteiger partial charge in [0.05, 0.1) is 12.6 Å². The van der Waals surface area contributed by atoms with Gasteiger partial charge in [-0.05, 0) is 36.1 Å². The first kappa shape index (κ1) is 20.0. The van der Waals surface area contributed by atoms with E-state index in [1.807, 2.05) is 48.7 Å². The topological polar surface area (TPSA) is 50.4 Å². The van der Waals surface area contributed by atoms with Crippen LogP contribution >= 0.6 is 11.3 Å². The number of para-hydroxylation sites is 1. The normalized spacial score (nSPS) is 11.8. The van der Waals surface area contributed by atoms with Gasteiger partial charge in [0.1, 0.15) is 6.61 Å². The molecule has 146 valence electrons. The molecular formula is C22H23FN2O2S. The monoisotopic (exact) mass is 398 g/mol. The second kappa shape index (κ2) is 10.0. The zero-order chi connectivity index (χ0) is 19.8. The number of aryl methyl sites for hydroxylation is 1. The van der Waals surface area contributed by atoms with Gasteiger partial charge in [-0.1, -0.05) is 48.0 Å². The van der Waals surface area contributed by atoms with Crippen LogP contribution in [0.3, 0.4) is 0 Å². The van der Waals surface area contributed by atoms with E-state index < -0.39 is 5.82 Å². The minimum Gasteiger partial charge on any atom is -0.489 e. The number of amides is 1. The molecule has 0 aliphatic heterocycles. The van der Waals surface area contributed by atoms with Crippen LogP contribution in [-0.4, -0.2) is 25.6 Å². The summed E-state index contributed by atoms with van der Waals surface area (Å²) in [6.07, 6.45) is 0. The van der Waals surface area contributed by atoms with Gasteiger partial charge < -0.3 is 15.4 Å². The van der Waals surface area contributed by atoms with E-state index in [1.54, 1.807) is 29.5 Å². The lowest BCUT2D eigenvalue weighted by Crippen LogP contribution is -2.37. The van der Waals surface area contributed by atoms with Crippen molar-refractivity contribution >= 4 is 17.2 Å². The molecule has 0 aliphatic carbocycles. The summed E-state index contributed by atoms with van der Waals surface area (Å²) in [5.41, 5.74) is 2.22. The van der Waals surface area contributed by atoms with Crippen LogP contribution in [0.5, 0.6) is 5.75 Å². The number of hydrogen-bond acceptors (Lipinski definition) is 4. The highest BCUT2D eigenvalue weighted by Crippen LogP contribution is 2.26. The van der Waals surface area contributed by atoms with E-state index in [2.05, 4.69) is 10.6 Å². The highest BCUT2D eigenvalue weighted by atomic mass is 32.1. The van der Waals surface area contributed by atoms with Crippen LogP contribution in [-0.2, 0) is 4.79 Å². The maximum atomic E-state index is 13.5. The molecule has 1 unspecified atom stereocenters. The van der Waals surface area contributed by atoms with Crippen LogP contribution in [0.25, 0.3) is 0 Å². The van der Waals surface area contributed by atoms with Crippen LogP contribution in [0.1, 0.15) is 22.0 Å². The third-order valence-corrected chi connectivity index (χ3v) is 5.14. The fraction of sp³-hybridized carbons (Fsp3) is 0.227. The maximum absolute atomic E-state index is 13.5. The molecule has 1 heterocycles. The zero-order valence-corrected chi connectivity index (χ0v) is 16.5. The Kier molecular flexibility index (Phi) is 7.17. The van der Waals surface area contributed by atoms with E-state index >= 15 is 0 Å². The fourth-order valence-corrected chi connectivity index (χ4v) is 3.54. The van der Waals surface area contributed by atoms with Crippen LogP contribution in [0.4, 0.5) is 4.39 Å². The van der Waals surface area contributed by atoms with Gasteiger partial charge in [-0.25, -0.2) is 4.39 Å². The number of thiophene rings is 1. The van der Waals surface area contributed by atoms with Crippen molar-refractivity contribution in [1.82, 2.24) is 10.6 Å². The predicted molar refractivity (Wildman–Crippen MR) is 110 cm³/mol. The highest BCUT2D eigenvalue weighted by Gasteiger charge is 2.17. The van der Waals surface area contributed by atoms with Crippen molar-refractivity contribution in [1.29, 1.82) is 0 Å². The second-order valence-corrected chi connectivity index (χ2v) is 7.36. The van der Waals surface area contributed by atoms with Crippen molar-refractivity contribution in [2.45, 2.75) is 13.0 Å². The summed E-state index contributed by atoms with van der Waals surface area (Å²) in [6.45, 7) is 2.92. The first-order valence-electron chi connectivity index (χ1n) is 9.11. The summed E-state index contributed by atoms with van der Waals surface area (Å²) >= 11 is 1.61. The molecule has 2 N–H and O–H groups in total. The Balaban J connectivity index is 1.49. The van der Waals surface area contributed by atoms with E-state index in [-0.39, 0.29) is 30.9 Å². The van der Waals surface area contributed by atoms with E-state index in [0.29, 0.717) is 6.54 Å². The summed E-state index contributed by atoms with van der Waals surface area (Å²) in [5.74, 6) is -0.284. The first-order valence-corrected chi connectivity index (χ1v) is 9.99. The smallest absolute Gasteiger partial charge is 0.234 e. The average Bonchev–Trinajstić information content (AvgIpc) is 3.22. The van der Waals surface area contributed by atoms with Crippen molar-refractivity contribution in [3.8, 4) is 5.75 Å². The molecule has 0 spiro atoms. The summed E-state index contributed by atoms with van der Waals surface area (Å²) in [6, 6.07) is 18.2. The molecule has 0 saturated carbocycles. The zero-order valence-electron chi connectivity index (χ0n) is 15.7. The second-order valence-electron chi connectivity index (χ2n) is 6.38. The molecule has 1 amide bonds. The highest BCUT2D eigenvalue weighted by molar-refractivity contribution is 7.10. The molecule has 3 aromatic rings. The lowest BCUT2D eigenvalue weighted by Gasteiger charge is -2.18. The Morgan fingerprint density at radius 1 is 1.11 bits per heavy atom. The summed E-state index contributed by atoms with van der Waals surface area (Å²) < 4.78 is 18.9. The van der Waals surface area contributed by atoms with Gasteiger partial charge in [0.25, 0.3) is 0 Å². The van der Waals surface area contributed by atoms with Crippen molar-refractivity contribution in [3.63, 3.8) is 0 Å². The van der Waals surface area contributed by atoms with Crippen molar-refractivity contribution in [2.24, 2.45) is 0 Å². The molecule has 1 aromatic heterocycles. The quantitative estimate of drug-likeness (QED) is 0.534. The average molecular weight is 399 g/mol. The summed E-state index contributed by atoms with van der Waals surface area (Å²) in [5, 5.41) is 8.11. The number of nitrogens with one attached hydrogen (secondary N) is 2. The molecule has 0 saturated heterocycles. The van der Waals surface area contributed by atoms with Crippen LogP contribution in [0.15, 0.2) is 66.0 Å². The SMILES string of the molecule is Cc1ccc(C(NC(=O)CNCCOc2ccccc2F)c2cccs2)cc1. The fourth-order valence-electron chi connectivity index (χ4n) is 2.74. The lowest BCUT2D eigenvalue weighted by molar-refractivity contribution is -0.120. The van der Waals surface area contributed by atoms with E-state index in [4.69, 9.17) is 4.74 Å². The van der Waals surface area contributed by atoms with Crippen molar-refractivity contribution < 1.29 is 13.9 Å². The van der Waals surface area contributed by atoms with E-state index in [0.717, 1.165) is 10.4 Å². The van der Waals surface area contributed by atoms with Crippen LogP contribution in [0.2, 0.25) is 0 Å². The maximum Gasteiger partial charge on any atom is 0.234 e. The van der Waals surface area contributed by atoms with E-state index in [9.17, 15) is 9.18 Å². The Labute approximate surface area is 168 Å². The third kappa shape index (κ3) is 5.65. The Morgan fingerprint density at radius 3 is 2.61 bits per heavy atom. The minimum absolute atomic E-state index is 0.107. The van der Waals surface area contributed by atoms with Gasteiger partial charge in [0.15, 0.2) is 11.6 Å². The minimum atomic E-state index is -0.392. The molecule has 1 atom stereocenters. The Morgan fingerprint density at radius 2 is 1.89 bits per heavy atom. The molecule has 28 heavy (non-hydrogen) atoms. The largest absolute Gasteiger partial charge is 0.489 e. The molecule has 2 aromatic carbocycles. The van der Waals surface area contributed by atoms with Gasteiger partial charge in [-0.3, -0.25) is 4.79 Å². The standard InChI is InChI=1S/C22H23FN2O2S/c1-16-8-10-17(11-9-16)22(20-7-4-14-28-20)25-21(26)15-24-12-13-27-19-6-3-2-5-18(19)23/h2-11,14,22,24H,12-13,15H2,1H3,(H,25,26). The summed E-state index contributed by atoms with van der Waals surface area (Å²) in [7, 11) is 0. The van der Waals surface area contributed by atoms with Crippen LogP contribution in [0, 0.1) is 12.7 Å². The van der Waals surface area contributed by atoms with Gasteiger partial charge in [-0.15, -0.1) is 11.3 Å². The number of ether oxygens (including phenoxy) is 1. The number of carbonyl (C=O) groups excluding carboxylic acids is 1. The van der Waals surface area contributed by atoms with Gasteiger partial charge in [0.2, 0.25) is 5.91 Å². The van der Waals surface area contributed by atoms with Gasteiger partial charge in [-0.2, -0.15) is 0 Å². The summed E-state index contributed by atoms with van der Waals surface area (Å²) in [4.78, 5) is 13.5. The lowest BCUT2D eigenvalue weighted by atomic mass is 10.0. The van der Waals surface area contributed by atoms with Gasteiger partial charge in [0, 0.05) is 11.4 Å². The Hall–Kier alpha value is -2.70. The number of hydrogen-bond donors (Lipinski definition) is 2. The van der Waals surface area contributed by atoms with Gasteiger partial charge >= 0.3 is 0 Å². The predicted octanol–water partition coefficient (Wildman–Crippen LogP) is 4.07. The molecule has 0 bridgehead atoms. The number of rotatable bonds is 9. The molecular weight excluding hydrogens is 375 g/mol. The molecule has 0 aliphatic rings. The molecule has 3 rings (SSSR count). The van der Waals surface area contributed by atoms with Crippen molar-refractivity contribution in [3.05, 3.63) is 87.9 Å².